The molecule has 9 atom stereocenters. The summed E-state index contributed by atoms with van der Waals surface area (Å²) < 4.78 is 5.39. The van der Waals surface area contributed by atoms with E-state index in [4.69, 9.17) is 21.9 Å². The lowest BCUT2D eigenvalue weighted by atomic mass is 10.0. The van der Waals surface area contributed by atoms with Gasteiger partial charge in [0.25, 0.3) is 0 Å². The highest BCUT2D eigenvalue weighted by Gasteiger charge is 2.41. The Labute approximate surface area is 496 Å². The molecular weight excluding hydrogens is 1130 g/mol. The number of likely N-dealkylation sites (tertiary alicyclic amines) is 1. The normalized spacial score (nSPS) is 15.6. The van der Waals surface area contributed by atoms with Crippen molar-refractivity contribution >= 4 is 76.9 Å². The summed E-state index contributed by atoms with van der Waals surface area (Å²) in [4.78, 5) is 180. The Morgan fingerprint density at radius 1 is 0.663 bits per heavy atom. The Kier molecular flexibility index (Phi) is 31.4. The largest absolute Gasteiger partial charge is 0.481 e. The Balaban J connectivity index is 1.87. The van der Waals surface area contributed by atoms with Crippen LogP contribution in [0.2, 0.25) is 0 Å². The number of aliphatic hydroxyl groups is 2. The van der Waals surface area contributed by atoms with Gasteiger partial charge < -0.3 is 89.7 Å². The number of aromatic amines is 1. The van der Waals surface area contributed by atoms with E-state index in [2.05, 4.69) is 52.5 Å². The van der Waals surface area contributed by atoms with Gasteiger partial charge in [0.05, 0.1) is 26.1 Å². The molecule has 1 aliphatic heterocycles. The molecule has 31 nitrogen and oxygen atoms in total. The highest BCUT2D eigenvalue weighted by Crippen LogP contribution is 2.20. The predicted octanol–water partition coefficient (Wildman–Crippen LogP) is -4.43. The number of primary amides is 2. The molecule has 18 N–H and O–H groups in total. The van der Waals surface area contributed by atoms with E-state index in [0.29, 0.717) is 17.7 Å². The highest BCUT2D eigenvalue weighted by molar-refractivity contribution is 5.99. The molecule has 1 saturated heterocycles. The van der Waals surface area contributed by atoms with Crippen LogP contribution in [0.1, 0.15) is 115 Å². The van der Waals surface area contributed by atoms with Crippen LogP contribution in [0.3, 0.4) is 0 Å². The van der Waals surface area contributed by atoms with Crippen molar-refractivity contribution < 1.29 is 82.4 Å². The fourth-order valence-corrected chi connectivity index (χ4v) is 9.04. The number of carbonyl (C=O) groups is 13. The average Bonchev–Trinajstić information content (AvgIpc) is 4.23. The number of carbonyl (C=O) groups excluding carboxylic acids is 12. The number of aromatic nitrogens is 2. The van der Waals surface area contributed by atoms with Crippen LogP contribution in [0.5, 0.6) is 0 Å². The van der Waals surface area contributed by atoms with Gasteiger partial charge in [-0.15, -0.1) is 0 Å². The maximum atomic E-state index is 14.4. The molecule has 1 fully saturated rings. The van der Waals surface area contributed by atoms with E-state index in [1.165, 1.54) is 12.5 Å². The minimum atomic E-state index is -1.73. The zero-order valence-electron chi connectivity index (χ0n) is 48.6. The quantitative estimate of drug-likeness (QED) is 0.0221. The number of benzene rings is 1. The van der Waals surface area contributed by atoms with Crippen LogP contribution in [0.25, 0.3) is 0 Å². The molecule has 0 spiro atoms. The summed E-state index contributed by atoms with van der Waals surface area (Å²) in [6.07, 6.45) is 4.56. The minimum absolute atomic E-state index is 0.00111. The fraction of sp³-hybridized carbons (Fsp3) is 0.600. The molecule has 3 rings (SSSR count). The smallest absolute Gasteiger partial charge is 0.305 e. The van der Waals surface area contributed by atoms with E-state index in [9.17, 15) is 77.6 Å². The van der Waals surface area contributed by atoms with Gasteiger partial charge in [-0.25, -0.2) is 4.98 Å². The van der Waals surface area contributed by atoms with E-state index in [0.717, 1.165) is 30.6 Å². The summed E-state index contributed by atoms with van der Waals surface area (Å²) in [5.41, 5.74) is 16.9. The standard InChI is InChI=1S/C55H84N14O17/c1-4-5-6-7-11-16-46(76)86-29-41(68-52(82)39(27-70)61-44(73)25-56)53(83)65-37(23-32-13-9-8-10-14-32)50(80)64-36(22-31(2)3)49(79)67-40(28-71)55(85)69-21-12-15-42(69)54(84)63-35(18-20-45(74)75)48(78)66-38(24-33-26-59-30-60-33)51(81)62-34(47(58)77)17-19-43(57)72/h8-10,13-14,26,30-31,34-42,70-71H,4-7,11-12,15-25,27-29,56H2,1-3H3,(H2,57,72)(H2,58,77)(H,59,60)(H,61,73)(H,62,81)(H,63,84)(H,64,80)(H,65,83)(H,66,78)(H,67,79)(H,68,82)(H,74,75)/t34-,35-,36-,37-,38-,39-,40-,41-,42-/m0/s1. The van der Waals surface area contributed by atoms with Gasteiger partial charge in [0.1, 0.15) is 61.0 Å². The number of carboxylic acid groups (broad SMARTS) is 1. The van der Waals surface area contributed by atoms with Gasteiger partial charge in [0, 0.05) is 50.5 Å². The van der Waals surface area contributed by atoms with Crippen LogP contribution in [-0.4, -0.2) is 194 Å². The molecule has 1 aromatic carbocycles. The maximum Gasteiger partial charge on any atom is 0.305 e. The number of hydrogen-bond acceptors (Lipinski definition) is 18. The number of hydrogen-bond donors (Lipinski definition) is 15. The summed E-state index contributed by atoms with van der Waals surface area (Å²) in [5, 5.41) is 49.6. The first-order valence-corrected chi connectivity index (χ1v) is 28.5. The van der Waals surface area contributed by atoms with Crippen LogP contribution >= 0.6 is 0 Å². The summed E-state index contributed by atoms with van der Waals surface area (Å²) in [7, 11) is 0. The van der Waals surface area contributed by atoms with Crippen molar-refractivity contribution in [3.63, 3.8) is 0 Å². The molecular formula is C55H84N14O17. The molecule has 0 unspecified atom stereocenters. The Hall–Kier alpha value is -8.58. The molecule has 31 heteroatoms. The first-order chi connectivity index (χ1) is 40.9. The number of aliphatic carboxylic acids is 1. The van der Waals surface area contributed by atoms with Gasteiger partial charge in [-0.3, -0.25) is 62.3 Å². The third-order valence-corrected chi connectivity index (χ3v) is 13.7. The number of amides is 11. The number of nitrogens with two attached hydrogens (primary N) is 3. The highest BCUT2D eigenvalue weighted by atomic mass is 16.5. The molecule has 0 bridgehead atoms. The van der Waals surface area contributed by atoms with Crippen LogP contribution < -0.4 is 59.7 Å². The second-order valence-corrected chi connectivity index (χ2v) is 21.1. The van der Waals surface area contributed by atoms with Crippen molar-refractivity contribution in [3.8, 4) is 0 Å². The Bertz CT molecular complexity index is 2610. The maximum absolute atomic E-state index is 14.4. The number of imidazole rings is 1. The average molecular weight is 1210 g/mol. The number of H-pyrrole nitrogens is 1. The van der Waals surface area contributed by atoms with E-state index in [1.807, 2.05) is 6.92 Å². The van der Waals surface area contributed by atoms with Crippen LogP contribution in [0.4, 0.5) is 0 Å². The molecule has 86 heavy (non-hydrogen) atoms. The second-order valence-electron chi connectivity index (χ2n) is 21.1. The molecule has 1 aromatic heterocycles. The van der Waals surface area contributed by atoms with E-state index in [-0.39, 0.29) is 63.8 Å². The zero-order chi connectivity index (χ0) is 63.9. The van der Waals surface area contributed by atoms with Gasteiger partial charge in [-0.2, -0.15) is 0 Å². The van der Waals surface area contributed by atoms with Crippen molar-refractivity contribution in [1.82, 2.24) is 57.4 Å². The van der Waals surface area contributed by atoms with Crippen molar-refractivity contribution in [2.24, 2.45) is 23.1 Å². The molecule has 2 heterocycles. The molecule has 0 saturated carbocycles. The number of aliphatic hydroxyl groups excluding tert-OH is 2. The van der Waals surface area contributed by atoms with Gasteiger partial charge in [0.15, 0.2) is 0 Å². The van der Waals surface area contributed by atoms with Gasteiger partial charge >= 0.3 is 11.9 Å². The Morgan fingerprint density at radius 3 is 1.80 bits per heavy atom. The van der Waals surface area contributed by atoms with Crippen molar-refractivity contribution in [2.75, 3.05) is 32.9 Å². The number of ether oxygens (including phenoxy) is 1. The number of nitrogens with one attached hydrogen (secondary N) is 9. The van der Waals surface area contributed by atoms with Crippen LogP contribution in [-0.2, 0) is 79.9 Å². The van der Waals surface area contributed by atoms with Gasteiger partial charge in [-0.1, -0.05) is 76.8 Å². The van der Waals surface area contributed by atoms with Gasteiger partial charge in [-0.05, 0) is 50.0 Å². The SMILES string of the molecule is CCCCCCCC(=O)OC[C@H](NC(=O)[C@H](CO)NC(=O)CN)C(=O)N[C@@H](Cc1ccccc1)C(=O)N[C@@H](CC(C)C)C(=O)N[C@@H](CO)C(=O)N1CCC[C@H]1C(=O)N[C@@H](CCC(=O)O)C(=O)N[C@@H](Cc1cnc[nH]1)C(=O)N[C@@H](CCC(N)=O)C(N)=O. The molecule has 2 aromatic rings. The first-order valence-electron chi connectivity index (χ1n) is 28.5. The third-order valence-electron chi connectivity index (χ3n) is 13.7. The van der Waals surface area contributed by atoms with Crippen molar-refractivity contribution in [1.29, 1.82) is 0 Å². The monoisotopic (exact) mass is 1210 g/mol. The number of carboxylic acids is 1. The molecule has 0 aliphatic carbocycles. The first kappa shape index (κ1) is 71.7. The number of unbranched alkanes of at least 4 members (excludes halogenated alkanes) is 4. The third kappa shape index (κ3) is 25.3. The van der Waals surface area contributed by atoms with Crippen molar-refractivity contribution in [3.05, 3.63) is 54.1 Å². The summed E-state index contributed by atoms with van der Waals surface area (Å²) in [6, 6.07) is -5.56. The van der Waals surface area contributed by atoms with Crippen LogP contribution in [0, 0.1) is 5.92 Å². The number of esters is 1. The lowest BCUT2D eigenvalue weighted by molar-refractivity contribution is -0.147. The Morgan fingerprint density at radius 2 is 1.22 bits per heavy atom. The molecule has 11 amide bonds. The van der Waals surface area contributed by atoms with Gasteiger partial charge in [0.2, 0.25) is 65.0 Å². The van der Waals surface area contributed by atoms with E-state index >= 15 is 0 Å². The molecule has 0 radical (unpaired) electrons. The predicted molar refractivity (Wildman–Crippen MR) is 304 cm³/mol. The molecule has 1 aliphatic rings. The number of nitrogens with zero attached hydrogens (tertiary/aromatic N) is 2. The summed E-state index contributed by atoms with van der Waals surface area (Å²) >= 11 is 0. The van der Waals surface area contributed by atoms with E-state index < -0.39 is 171 Å². The lowest BCUT2D eigenvalue weighted by Gasteiger charge is -2.31. The van der Waals surface area contributed by atoms with Crippen LogP contribution in [0.15, 0.2) is 42.9 Å². The summed E-state index contributed by atoms with van der Waals surface area (Å²) in [5.74, 6) is -12.9. The lowest BCUT2D eigenvalue weighted by Crippen LogP contribution is -2.61. The minimum Gasteiger partial charge on any atom is -0.481 e. The van der Waals surface area contributed by atoms with Crippen molar-refractivity contribution in [2.45, 2.75) is 171 Å². The number of rotatable bonds is 40. The fourth-order valence-electron chi connectivity index (χ4n) is 9.04. The summed E-state index contributed by atoms with van der Waals surface area (Å²) in [6.45, 7) is 2.18. The van der Waals surface area contributed by atoms with E-state index in [1.54, 1.807) is 44.2 Å². The molecule has 476 valence electrons. The zero-order valence-corrected chi connectivity index (χ0v) is 48.6. The topological polar surface area (TPSA) is 498 Å². The second kappa shape index (κ2) is 37.7.